The molecule has 0 aromatic heterocycles. The van der Waals surface area contributed by atoms with E-state index in [2.05, 4.69) is 13.8 Å². The van der Waals surface area contributed by atoms with Crippen LogP contribution in [-0.2, 0) is 4.74 Å². The molecule has 0 aliphatic carbocycles. The molecule has 0 aromatic rings. The van der Waals surface area contributed by atoms with Gasteiger partial charge in [0.05, 0.1) is 0 Å². The highest BCUT2D eigenvalue weighted by molar-refractivity contribution is 4.74. The first-order valence-corrected chi connectivity index (χ1v) is 5.37. The first-order valence-electron chi connectivity index (χ1n) is 5.37. The minimum absolute atomic E-state index is 0.364. The molecule has 0 aliphatic rings. The van der Waals surface area contributed by atoms with Crippen LogP contribution in [-0.4, -0.2) is 20.3 Å². The summed E-state index contributed by atoms with van der Waals surface area (Å²) in [6.07, 6.45) is 6.12. The lowest BCUT2D eigenvalue weighted by molar-refractivity contribution is 0.182. The fourth-order valence-corrected chi connectivity index (χ4v) is 1.73. The van der Waals surface area contributed by atoms with E-state index in [-0.39, 0.29) is 0 Å². The molecule has 1 atom stereocenters. The van der Waals surface area contributed by atoms with Crippen LogP contribution in [0.25, 0.3) is 0 Å². The number of hydrogen-bond acceptors (Lipinski definition) is 2. The summed E-state index contributed by atoms with van der Waals surface area (Å²) in [5.74, 6) is 0. The quantitative estimate of drug-likeness (QED) is 0.593. The lowest BCUT2D eigenvalue weighted by Gasteiger charge is -2.27. The molecule has 1 unspecified atom stereocenters. The van der Waals surface area contributed by atoms with Crippen LogP contribution in [0.5, 0.6) is 0 Å². The monoisotopic (exact) mass is 187 g/mol. The van der Waals surface area contributed by atoms with E-state index in [9.17, 15) is 0 Å². The molecular weight excluding hydrogens is 162 g/mol. The first-order chi connectivity index (χ1) is 6.18. The average molecular weight is 187 g/mol. The third kappa shape index (κ3) is 6.05. The van der Waals surface area contributed by atoms with Crippen molar-refractivity contribution in [1.29, 1.82) is 0 Å². The molecule has 0 aromatic carbocycles. The minimum Gasteiger partial charge on any atom is -0.385 e. The van der Waals surface area contributed by atoms with E-state index in [1.54, 1.807) is 7.11 Å². The van der Waals surface area contributed by atoms with Crippen molar-refractivity contribution in [3.63, 3.8) is 0 Å². The maximum atomic E-state index is 5.78. The van der Waals surface area contributed by atoms with E-state index in [1.165, 1.54) is 25.7 Å². The van der Waals surface area contributed by atoms with E-state index >= 15 is 0 Å². The van der Waals surface area contributed by atoms with Crippen LogP contribution in [0.3, 0.4) is 0 Å². The number of unbranched alkanes of at least 4 members (excludes halogenated alkanes) is 1. The van der Waals surface area contributed by atoms with E-state index in [1.807, 2.05) is 0 Å². The standard InChI is InChI=1S/C11H25NO/c1-4-7-11(2,10-12)8-5-6-9-13-3/h4-10,12H2,1-3H3. The van der Waals surface area contributed by atoms with Crippen molar-refractivity contribution in [3.8, 4) is 0 Å². The Morgan fingerprint density at radius 2 is 1.92 bits per heavy atom. The molecule has 0 amide bonds. The highest BCUT2D eigenvalue weighted by Gasteiger charge is 2.20. The normalized spacial score (nSPS) is 15.7. The van der Waals surface area contributed by atoms with Gasteiger partial charge in [-0.15, -0.1) is 0 Å². The fourth-order valence-electron chi connectivity index (χ4n) is 1.73. The Kier molecular flexibility index (Phi) is 7.29. The predicted molar refractivity (Wildman–Crippen MR) is 57.8 cm³/mol. The Balaban J connectivity index is 3.57. The number of methoxy groups -OCH3 is 1. The first kappa shape index (κ1) is 12.9. The number of rotatable bonds is 8. The molecule has 13 heavy (non-hydrogen) atoms. The number of hydrogen-bond donors (Lipinski definition) is 1. The Labute approximate surface area is 82.8 Å². The molecule has 0 bridgehead atoms. The molecule has 0 spiro atoms. The summed E-state index contributed by atoms with van der Waals surface area (Å²) in [6.45, 7) is 6.22. The van der Waals surface area contributed by atoms with Crippen molar-refractivity contribution in [2.75, 3.05) is 20.3 Å². The van der Waals surface area contributed by atoms with Gasteiger partial charge in [-0.1, -0.05) is 26.7 Å². The average Bonchev–Trinajstić information content (AvgIpc) is 2.13. The molecule has 2 heteroatoms. The zero-order valence-corrected chi connectivity index (χ0v) is 9.44. The summed E-state index contributed by atoms with van der Waals surface area (Å²) in [4.78, 5) is 0. The maximum absolute atomic E-state index is 5.78. The lowest BCUT2D eigenvalue weighted by Crippen LogP contribution is -2.27. The molecule has 2 nitrogen and oxygen atoms in total. The Hall–Kier alpha value is -0.0800. The second-order valence-electron chi connectivity index (χ2n) is 4.21. The SMILES string of the molecule is CCCC(C)(CN)CCCCOC. The Morgan fingerprint density at radius 3 is 2.38 bits per heavy atom. The van der Waals surface area contributed by atoms with Gasteiger partial charge < -0.3 is 10.5 Å². The fraction of sp³-hybridized carbons (Fsp3) is 1.00. The molecule has 0 aliphatic heterocycles. The summed E-state index contributed by atoms with van der Waals surface area (Å²) < 4.78 is 5.02. The summed E-state index contributed by atoms with van der Waals surface area (Å²) in [5, 5.41) is 0. The van der Waals surface area contributed by atoms with Gasteiger partial charge in [0.1, 0.15) is 0 Å². The number of ether oxygens (including phenoxy) is 1. The van der Waals surface area contributed by atoms with E-state index in [0.29, 0.717) is 5.41 Å². The van der Waals surface area contributed by atoms with Crippen molar-refractivity contribution >= 4 is 0 Å². The van der Waals surface area contributed by atoms with Crippen LogP contribution in [0.4, 0.5) is 0 Å². The highest BCUT2D eigenvalue weighted by Crippen LogP contribution is 2.28. The second kappa shape index (κ2) is 7.34. The third-order valence-corrected chi connectivity index (χ3v) is 2.73. The summed E-state index contributed by atoms with van der Waals surface area (Å²) in [6, 6.07) is 0. The molecule has 0 fully saturated rings. The molecule has 80 valence electrons. The van der Waals surface area contributed by atoms with Crippen LogP contribution in [0, 0.1) is 5.41 Å². The lowest BCUT2D eigenvalue weighted by atomic mass is 9.81. The zero-order valence-electron chi connectivity index (χ0n) is 9.44. The zero-order chi connectivity index (χ0) is 10.2. The second-order valence-corrected chi connectivity index (χ2v) is 4.21. The Bertz CT molecular complexity index is 117. The van der Waals surface area contributed by atoms with Crippen molar-refractivity contribution in [2.45, 2.75) is 46.0 Å². The Morgan fingerprint density at radius 1 is 1.23 bits per heavy atom. The topological polar surface area (TPSA) is 35.2 Å². The molecular formula is C11H25NO. The molecule has 2 N–H and O–H groups in total. The highest BCUT2D eigenvalue weighted by atomic mass is 16.5. The van der Waals surface area contributed by atoms with Gasteiger partial charge in [-0.2, -0.15) is 0 Å². The maximum Gasteiger partial charge on any atom is 0.0462 e. The van der Waals surface area contributed by atoms with Gasteiger partial charge in [-0.25, -0.2) is 0 Å². The van der Waals surface area contributed by atoms with Gasteiger partial charge >= 0.3 is 0 Å². The van der Waals surface area contributed by atoms with Gasteiger partial charge in [-0.05, 0) is 31.2 Å². The van der Waals surface area contributed by atoms with Gasteiger partial charge in [0.2, 0.25) is 0 Å². The minimum atomic E-state index is 0.364. The third-order valence-electron chi connectivity index (χ3n) is 2.73. The summed E-state index contributed by atoms with van der Waals surface area (Å²) in [5.41, 5.74) is 6.14. The van der Waals surface area contributed by atoms with Gasteiger partial charge in [0.15, 0.2) is 0 Å². The van der Waals surface area contributed by atoms with Crippen molar-refractivity contribution in [2.24, 2.45) is 11.1 Å². The molecule has 0 rings (SSSR count). The van der Waals surface area contributed by atoms with Gasteiger partial charge in [-0.3, -0.25) is 0 Å². The van der Waals surface area contributed by atoms with Crippen molar-refractivity contribution in [3.05, 3.63) is 0 Å². The van der Waals surface area contributed by atoms with E-state index < -0.39 is 0 Å². The predicted octanol–water partition coefficient (Wildman–Crippen LogP) is 2.57. The van der Waals surface area contributed by atoms with E-state index in [4.69, 9.17) is 10.5 Å². The molecule has 0 radical (unpaired) electrons. The summed E-state index contributed by atoms with van der Waals surface area (Å²) in [7, 11) is 1.76. The van der Waals surface area contributed by atoms with Crippen LogP contribution < -0.4 is 5.73 Å². The van der Waals surface area contributed by atoms with Crippen LogP contribution >= 0.6 is 0 Å². The largest absolute Gasteiger partial charge is 0.385 e. The van der Waals surface area contributed by atoms with Crippen LogP contribution in [0.2, 0.25) is 0 Å². The van der Waals surface area contributed by atoms with Crippen LogP contribution in [0.1, 0.15) is 46.0 Å². The van der Waals surface area contributed by atoms with Crippen LogP contribution in [0.15, 0.2) is 0 Å². The molecule has 0 heterocycles. The molecule has 0 saturated heterocycles. The number of nitrogens with two attached hydrogens (primary N) is 1. The van der Waals surface area contributed by atoms with Crippen molar-refractivity contribution < 1.29 is 4.74 Å². The van der Waals surface area contributed by atoms with Gasteiger partial charge in [0.25, 0.3) is 0 Å². The van der Waals surface area contributed by atoms with Gasteiger partial charge in [0, 0.05) is 13.7 Å². The van der Waals surface area contributed by atoms with E-state index in [0.717, 1.165) is 19.6 Å². The molecule has 0 saturated carbocycles. The smallest absolute Gasteiger partial charge is 0.0462 e. The van der Waals surface area contributed by atoms with Crippen molar-refractivity contribution in [1.82, 2.24) is 0 Å². The summed E-state index contributed by atoms with van der Waals surface area (Å²) >= 11 is 0.